The van der Waals surface area contributed by atoms with Gasteiger partial charge in [0.15, 0.2) is 0 Å². The normalized spacial score (nSPS) is 14.2. The number of rotatable bonds is 2. The van der Waals surface area contributed by atoms with E-state index in [2.05, 4.69) is 4.90 Å². The number of hydrogen-bond acceptors (Lipinski definition) is 3. The van der Waals surface area contributed by atoms with Gasteiger partial charge in [-0.3, -0.25) is 4.90 Å². The van der Waals surface area contributed by atoms with E-state index >= 15 is 0 Å². The molecule has 0 bridgehead atoms. The van der Waals surface area contributed by atoms with E-state index in [1.807, 2.05) is 69.3 Å². The maximum absolute atomic E-state index is 12.6. The Morgan fingerprint density at radius 1 is 1.04 bits per heavy atom. The van der Waals surface area contributed by atoms with Crippen LogP contribution in [0.3, 0.4) is 0 Å². The lowest BCUT2D eigenvalue weighted by Crippen LogP contribution is -2.45. The maximum atomic E-state index is 12.6. The number of hydrogen-bond donors (Lipinski definition) is 0. The van der Waals surface area contributed by atoms with Crippen molar-refractivity contribution in [3.8, 4) is 0 Å². The van der Waals surface area contributed by atoms with Gasteiger partial charge in [-0.05, 0) is 44.5 Å². The molecule has 132 valence electrons. The molecule has 0 fully saturated rings. The van der Waals surface area contributed by atoms with E-state index in [1.54, 1.807) is 4.90 Å². The first-order valence-corrected chi connectivity index (χ1v) is 8.81. The summed E-state index contributed by atoms with van der Waals surface area (Å²) in [7, 11) is 0. The van der Waals surface area contributed by atoms with Gasteiger partial charge in [-0.15, -0.1) is 0 Å². The van der Waals surface area contributed by atoms with Crippen molar-refractivity contribution in [3.63, 3.8) is 0 Å². The molecular formula is C20H23ClN2O2. The number of halogens is 1. The highest BCUT2D eigenvalue weighted by Crippen LogP contribution is 2.35. The summed E-state index contributed by atoms with van der Waals surface area (Å²) in [5.41, 5.74) is 2.44. The summed E-state index contributed by atoms with van der Waals surface area (Å²) in [5.74, 6) is 0. The second-order valence-electron chi connectivity index (χ2n) is 7.13. The smallest absolute Gasteiger partial charge is 0.414 e. The molecule has 0 spiro atoms. The molecule has 2 aromatic carbocycles. The van der Waals surface area contributed by atoms with Crippen LogP contribution in [-0.2, 0) is 11.3 Å². The summed E-state index contributed by atoms with van der Waals surface area (Å²) in [4.78, 5) is 16.5. The van der Waals surface area contributed by atoms with Crippen LogP contribution < -0.4 is 9.80 Å². The Bertz CT molecular complexity index is 770. The number of carbonyl (C=O) groups is 1. The Labute approximate surface area is 154 Å². The van der Waals surface area contributed by atoms with E-state index in [0.29, 0.717) is 13.1 Å². The van der Waals surface area contributed by atoms with Crippen LogP contribution in [0.4, 0.5) is 16.2 Å². The fourth-order valence-corrected chi connectivity index (χ4v) is 3.12. The van der Waals surface area contributed by atoms with Crippen molar-refractivity contribution < 1.29 is 9.53 Å². The zero-order valence-electron chi connectivity index (χ0n) is 14.8. The van der Waals surface area contributed by atoms with Gasteiger partial charge in [0.1, 0.15) is 5.60 Å². The SMILES string of the molecule is CC(C)(C)OC(=O)N1CCN(Cc2ccccc2Cl)c2ccccc21. The van der Waals surface area contributed by atoms with Crippen LogP contribution in [0.15, 0.2) is 48.5 Å². The Morgan fingerprint density at radius 2 is 1.68 bits per heavy atom. The van der Waals surface area contributed by atoms with Gasteiger partial charge in [0, 0.05) is 24.7 Å². The van der Waals surface area contributed by atoms with Crippen molar-refractivity contribution in [1.82, 2.24) is 0 Å². The highest BCUT2D eigenvalue weighted by molar-refractivity contribution is 6.31. The van der Waals surface area contributed by atoms with Crippen molar-refractivity contribution in [3.05, 3.63) is 59.1 Å². The van der Waals surface area contributed by atoms with Crippen LogP contribution in [0.1, 0.15) is 26.3 Å². The molecule has 0 radical (unpaired) electrons. The molecule has 0 saturated carbocycles. The molecule has 2 aromatic rings. The average Bonchev–Trinajstić information content (AvgIpc) is 2.55. The first-order valence-electron chi connectivity index (χ1n) is 8.43. The molecule has 0 aromatic heterocycles. The lowest BCUT2D eigenvalue weighted by molar-refractivity contribution is 0.0580. The van der Waals surface area contributed by atoms with E-state index in [4.69, 9.17) is 16.3 Å². The average molecular weight is 359 g/mol. The van der Waals surface area contributed by atoms with Crippen LogP contribution in [-0.4, -0.2) is 24.8 Å². The minimum absolute atomic E-state index is 0.308. The largest absolute Gasteiger partial charge is 0.443 e. The fourth-order valence-electron chi connectivity index (χ4n) is 2.92. The van der Waals surface area contributed by atoms with Crippen molar-refractivity contribution >= 4 is 29.1 Å². The van der Waals surface area contributed by atoms with Gasteiger partial charge in [0.25, 0.3) is 0 Å². The molecule has 25 heavy (non-hydrogen) atoms. The van der Waals surface area contributed by atoms with Gasteiger partial charge >= 0.3 is 6.09 Å². The van der Waals surface area contributed by atoms with Crippen LogP contribution in [0.5, 0.6) is 0 Å². The topological polar surface area (TPSA) is 32.8 Å². The minimum Gasteiger partial charge on any atom is -0.443 e. The number of fused-ring (bicyclic) bond motifs is 1. The Morgan fingerprint density at radius 3 is 2.36 bits per heavy atom. The predicted octanol–water partition coefficient (Wildman–Crippen LogP) is 5.10. The van der Waals surface area contributed by atoms with Crippen molar-refractivity contribution in [1.29, 1.82) is 0 Å². The molecule has 0 aliphatic carbocycles. The first kappa shape index (κ1) is 17.6. The summed E-state index contributed by atoms with van der Waals surface area (Å²) in [6.45, 7) is 7.65. The third kappa shape index (κ3) is 4.07. The standard InChI is InChI=1S/C20H23ClN2O2/c1-20(2,3)25-19(24)23-13-12-22(17-10-6-7-11-18(17)23)14-15-8-4-5-9-16(15)21/h4-11H,12-14H2,1-3H3. The highest BCUT2D eigenvalue weighted by Gasteiger charge is 2.30. The van der Waals surface area contributed by atoms with Gasteiger partial charge in [0.2, 0.25) is 0 Å². The van der Waals surface area contributed by atoms with E-state index in [1.165, 1.54) is 0 Å². The Balaban J connectivity index is 1.86. The summed E-state index contributed by atoms with van der Waals surface area (Å²) in [6, 6.07) is 15.8. The zero-order chi connectivity index (χ0) is 18.0. The predicted molar refractivity (Wildman–Crippen MR) is 103 cm³/mol. The number of amides is 1. The molecule has 1 heterocycles. The van der Waals surface area contributed by atoms with Crippen molar-refractivity contribution in [2.75, 3.05) is 22.9 Å². The van der Waals surface area contributed by atoms with E-state index in [-0.39, 0.29) is 6.09 Å². The molecular weight excluding hydrogens is 336 g/mol. The summed E-state index contributed by atoms with van der Waals surface area (Å²) < 4.78 is 5.55. The van der Waals surface area contributed by atoms with Crippen LogP contribution >= 0.6 is 11.6 Å². The number of ether oxygens (including phenoxy) is 1. The molecule has 0 saturated heterocycles. The summed E-state index contributed by atoms with van der Waals surface area (Å²) >= 11 is 6.31. The lowest BCUT2D eigenvalue weighted by atomic mass is 10.1. The van der Waals surface area contributed by atoms with Gasteiger partial charge in [-0.25, -0.2) is 4.79 Å². The van der Waals surface area contributed by atoms with Crippen LogP contribution in [0.2, 0.25) is 5.02 Å². The summed E-state index contributed by atoms with van der Waals surface area (Å²) in [6.07, 6.45) is -0.308. The highest BCUT2D eigenvalue weighted by atomic mass is 35.5. The van der Waals surface area contributed by atoms with Gasteiger partial charge in [-0.2, -0.15) is 0 Å². The molecule has 0 N–H and O–H groups in total. The summed E-state index contributed by atoms with van der Waals surface area (Å²) in [5, 5.41) is 0.759. The zero-order valence-corrected chi connectivity index (χ0v) is 15.6. The second kappa shape index (κ2) is 6.96. The second-order valence-corrected chi connectivity index (χ2v) is 7.54. The fraction of sp³-hybridized carbons (Fsp3) is 0.350. The number of benzene rings is 2. The molecule has 0 atom stereocenters. The Kier molecular flexibility index (Phi) is 4.91. The monoisotopic (exact) mass is 358 g/mol. The molecule has 0 unspecified atom stereocenters. The number of nitrogens with zero attached hydrogens (tertiary/aromatic N) is 2. The molecule has 1 amide bonds. The van der Waals surface area contributed by atoms with E-state index < -0.39 is 5.60 Å². The molecule has 1 aliphatic heterocycles. The maximum Gasteiger partial charge on any atom is 0.414 e. The van der Waals surface area contributed by atoms with Crippen LogP contribution in [0, 0.1) is 0 Å². The Hall–Kier alpha value is -2.20. The van der Waals surface area contributed by atoms with Gasteiger partial charge < -0.3 is 9.64 Å². The van der Waals surface area contributed by atoms with Gasteiger partial charge in [-0.1, -0.05) is 41.9 Å². The van der Waals surface area contributed by atoms with Gasteiger partial charge in [0.05, 0.1) is 11.4 Å². The molecule has 3 rings (SSSR count). The van der Waals surface area contributed by atoms with E-state index in [0.717, 1.165) is 28.5 Å². The molecule has 5 heteroatoms. The molecule has 1 aliphatic rings. The van der Waals surface area contributed by atoms with Crippen LogP contribution in [0.25, 0.3) is 0 Å². The number of anilines is 2. The number of carbonyl (C=O) groups excluding carboxylic acids is 1. The minimum atomic E-state index is -0.513. The first-order chi connectivity index (χ1) is 11.8. The van der Waals surface area contributed by atoms with Crippen molar-refractivity contribution in [2.24, 2.45) is 0 Å². The third-order valence-electron chi connectivity index (χ3n) is 4.04. The quantitative estimate of drug-likeness (QED) is 0.748. The van der Waals surface area contributed by atoms with Crippen molar-refractivity contribution in [2.45, 2.75) is 32.9 Å². The van der Waals surface area contributed by atoms with E-state index in [9.17, 15) is 4.79 Å². The lowest BCUT2D eigenvalue weighted by Gasteiger charge is -2.38. The third-order valence-corrected chi connectivity index (χ3v) is 4.41. The number of para-hydroxylation sites is 2. The molecule has 4 nitrogen and oxygen atoms in total.